The van der Waals surface area contributed by atoms with Crippen LogP contribution in [0.4, 0.5) is 8.78 Å². The van der Waals surface area contributed by atoms with E-state index in [1.54, 1.807) is 0 Å². The quantitative estimate of drug-likeness (QED) is 0.849. The minimum Gasteiger partial charge on any atom is -0.310 e. The van der Waals surface area contributed by atoms with Gasteiger partial charge in [0, 0.05) is 12.5 Å². The number of fused-ring (bicyclic) bond motifs is 1. The molecule has 0 saturated heterocycles. The Hall–Kier alpha value is -1.78. The zero-order valence-corrected chi connectivity index (χ0v) is 8.68. The van der Waals surface area contributed by atoms with Crippen molar-refractivity contribution in [2.75, 3.05) is 0 Å². The van der Waals surface area contributed by atoms with E-state index in [1.165, 1.54) is 0 Å². The molecule has 5 heteroatoms. The Balaban J connectivity index is 2.77. The summed E-state index contributed by atoms with van der Waals surface area (Å²) in [6, 6.07) is 1.71. The minimum absolute atomic E-state index is 0.0580. The van der Waals surface area contributed by atoms with E-state index in [0.717, 1.165) is 18.6 Å². The Labute approximate surface area is 90.1 Å². The number of aromatic nitrogens is 2. The molecule has 84 valence electrons. The summed E-state index contributed by atoms with van der Waals surface area (Å²) >= 11 is 0. The molecule has 1 aromatic carbocycles. The average Bonchev–Trinajstić information content (AvgIpc) is 2.20. The predicted octanol–water partition coefficient (Wildman–Crippen LogP) is 2.15. The number of halogens is 2. The van der Waals surface area contributed by atoms with Crippen molar-refractivity contribution in [3.63, 3.8) is 0 Å². The first-order valence-electron chi connectivity index (χ1n) is 4.99. The average molecular weight is 224 g/mol. The van der Waals surface area contributed by atoms with Crippen LogP contribution >= 0.6 is 0 Å². The molecule has 0 atom stereocenters. The number of hydrogen-bond acceptors (Lipinski definition) is 2. The van der Waals surface area contributed by atoms with Gasteiger partial charge in [0.15, 0.2) is 5.82 Å². The first-order chi connectivity index (χ1) is 7.61. The second-order valence-corrected chi connectivity index (χ2v) is 3.55. The lowest BCUT2D eigenvalue weighted by atomic mass is 10.2. The van der Waals surface area contributed by atoms with E-state index in [4.69, 9.17) is 0 Å². The largest absolute Gasteiger partial charge is 0.310 e. The van der Waals surface area contributed by atoms with Crippen LogP contribution in [0.1, 0.15) is 19.2 Å². The van der Waals surface area contributed by atoms with Crippen LogP contribution in [0.15, 0.2) is 16.9 Å². The minimum atomic E-state index is -0.807. The van der Waals surface area contributed by atoms with E-state index < -0.39 is 17.2 Å². The first kappa shape index (κ1) is 10.7. The number of nitrogens with zero attached hydrogens (tertiary/aromatic N) is 1. The van der Waals surface area contributed by atoms with E-state index in [9.17, 15) is 13.6 Å². The van der Waals surface area contributed by atoms with Crippen molar-refractivity contribution in [2.24, 2.45) is 0 Å². The van der Waals surface area contributed by atoms with Crippen LogP contribution < -0.4 is 5.56 Å². The lowest BCUT2D eigenvalue weighted by Crippen LogP contribution is -2.13. The molecular weight excluding hydrogens is 214 g/mol. The van der Waals surface area contributed by atoms with Crippen LogP contribution in [0.2, 0.25) is 0 Å². The van der Waals surface area contributed by atoms with Gasteiger partial charge in [0.1, 0.15) is 17.2 Å². The number of hydrogen-bond donors (Lipinski definition) is 1. The fourth-order valence-electron chi connectivity index (χ4n) is 1.57. The second kappa shape index (κ2) is 4.00. The number of aromatic amines is 1. The van der Waals surface area contributed by atoms with Crippen LogP contribution in [0.25, 0.3) is 10.9 Å². The van der Waals surface area contributed by atoms with Gasteiger partial charge in [-0.2, -0.15) is 0 Å². The molecule has 0 amide bonds. The molecule has 0 spiro atoms. The zero-order valence-electron chi connectivity index (χ0n) is 8.68. The predicted molar refractivity (Wildman–Crippen MR) is 56.3 cm³/mol. The van der Waals surface area contributed by atoms with Crippen LogP contribution in [-0.2, 0) is 6.42 Å². The topological polar surface area (TPSA) is 45.8 Å². The Bertz CT molecular complexity index is 592. The third-order valence-electron chi connectivity index (χ3n) is 2.26. The van der Waals surface area contributed by atoms with Crippen molar-refractivity contribution >= 4 is 10.9 Å². The molecule has 2 aromatic rings. The third kappa shape index (κ3) is 1.80. The van der Waals surface area contributed by atoms with Crippen molar-refractivity contribution in [3.05, 3.63) is 39.9 Å². The summed E-state index contributed by atoms with van der Waals surface area (Å²) in [7, 11) is 0. The molecule has 0 unspecified atom stereocenters. The molecule has 0 bridgehead atoms. The summed E-state index contributed by atoms with van der Waals surface area (Å²) in [6.07, 6.45) is 1.35. The molecule has 0 aliphatic heterocycles. The monoisotopic (exact) mass is 224 g/mol. The summed E-state index contributed by atoms with van der Waals surface area (Å²) in [5.74, 6) is -1.16. The van der Waals surface area contributed by atoms with Crippen molar-refractivity contribution in [1.82, 2.24) is 9.97 Å². The Morgan fingerprint density at radius 1 is 1.38 bits per heavy atom. The zero-order chi connectivity index (χ0) is 11.7. The third-order valence-corrected chi connectivity index (χ3v) is 2.26. The Morgan fingerprint density at radius 2 is 2.12 bits per heavy atom. The maximum Gasteiger partial charge on any atom is 0.258 e. The van der Waals surface area contributed by atoms with Gasteiger partial charge in [0.2, 0.25) is 0 Å². The highest BCUT2D eigenvalue weighted by molar-refractivity contribution is 5.78. The molecule has 1 N–H and O–H groups in total. The maximum absolute atomic E-state index is 13.4. The smallest absolute Gasteiger partial charge is 0.258 e. The highest BCUT2D eigenvalue weighted by Crippen LogP contribution is 2.14. The highest BCUT2D eigenvalue weighted by atomic mass is 19.1. The fourth-order valence-corrected chi connectivity index (χ4v) is 1.57. The van der Waals surface area contributed by atoms with Gasteiger partial charge in [0.05, 0.1) is 5.39 Å². The summed E-state index contributed by atoms with van der Waals surface area (Å²) in [6.45, 7) is 1.92. The number of nitrogens with one attached hydrogen (secondary N) is 1. The molecule has 0 aliphatic carbocycles. The molecule has 2 rings (SSSR count). The number of benzene rings is 1. The number of H-pyrrole nitrogens is 1. The summed E-state index contributed by atoms with van der Waals surface area (Å²) in [4.78, 5) is 18.0. The fraction of sp³-hybridized carbons (Fsp3) is 0.273. The van der Waals surface area contributed by atoms with Crippen molar-refractivity contribution in [1.29, 1.82) is 0 Å². The van der Waals surface area contributed by atoms with Gasteiger partial charge in [-0.1, -0.05) is 6.92 Å². The Kier molecular flexibility index (Phi) is 2.68. The normalized spacial score (nSPS) is 10.9. The van der Waals surface area contributed by atoms with E-state index in [0.29, 0.717) is 12.2 Å². The van der Waals surface area contributed by atoms with E-state index in [-0.39, 0.29) is 10.9 Å². The van der Waals surface area contributed by atoms with Crippen LogP contribution in [0.5, 0.6) is 0 Å². The van der Waals surface area contributed by atoms with Gasteiger partial charge in [0.25, 0.3) is 5.56 Å². The number of aryl methyl sites for hydroxylation is 1. The van der Waals surface area contributed by atoms with Gasteiger partial charge in [-0.3, -0.25) is 4.79 Å². The molecule has 3 nitrogen and oxygen atoms in total. The van der Waals surface area contributed by atoms with Crippen LogP contribution in [-0.4, -0.2) is 9.97 Å². The highest BCUT2D eigenvalue weighted by Gasteiger charge is 2.10. The molecule has 0 aliphatic rings. The maximum atomic E-state index is 13.4. The van der Waals surface area contributed by atoms with Crippen molar-refractivity contribution < 1.29 is 8.78 Å². The molecule has 16 heavy (non-hydrogen) atoms. The second-order valence-electron chi connectivity index (χ2n) is 3.55. The first-order valence-corrected chi connectivity index (χ1v) is 4.99. The van der Waals surface area contributed by atoms with Crippen LogP contribution in [0.3, 0.4) is 0 Å². The molecule has 0 fully saturated rings. The van der Waals surface area contributed by atoms with Crippen molar-refractivity contribution in [3.8, 4) is 0 Å². The van der Waals surface area contributed by atoms with Crippen LogP contribution in [0, 0.1) is 11.6 Å². The molecule has 1 heterocycles. The van der Waals surface area contributed by atoms with E-state index >= 15 is 0 Å². The summed E-state index contributed by atoms with van der Waals surface area (Å²) in [5, 5.41) is -0.0580. The van der Waals surface area contributed by atoms with Gasteiger partial charge >= 0.3 is 0 Å². The molecular formula is C11H10F2N2O. The van der Waals surface area contributed by atoms with Gasteiger partial charge < -0.3 is 4.98 Å². The molecule has 0 saturated carbocycles. The standard InChI is InChI=1S/C11H10F2N2O/c1-2-3-9-14-10-7(11(16)15-9)4-6(12)5-8(10)13/h4-5H,2-3H2,1H3,(H,14,15,16). The van der Waals surface area contributed by atoms with Gasteiger partial charge in [-0.05, 0) is 12.5 Å². The molecule has 0 radical (unpaired) electrons. The lowest BCUT2D eigenvalue weighted by molar-refractivity contribution is 0.589. The lowest BCUT2D eigenvalue weighted by Gasteiger charge is -2.02. The summed E-state index contributed by atoms with van der Waals surface area (Å²) < 4.78 is 26.3. The van der Waals surface area contributed by atoms with Gasteiger partial charge in [-0.25, -0.2) is 13.8 Å². The van der Waals surface area contributed by atoms with E-state index in [2.05, 4.69) is 9.97 Å². The van der Waals surface area contributed by atoms with Crippen molar-refractivity contribution in [2.45, 2.75) is 19.8 Å². The van der Waals surface area contributed by atoms with E-state index in [1.807, 2.05) is 6.92 Å². The summed E-state index contributed by atoms with van der Waals surface area (Å²) in [5.41, 5.74) is -0.583. The number of rotatable bonds is 2. The SMILES string of the molecule is CCCc1nc2c(F)cc(F)cc2c(=O)[nH]1. The van der Waals surface area contributed by atoms with Gasteiger partial charge in [-0.15, -0.1) is 0 Å². The Morgan fingerprint density at radius 3 is 2.81 bits per heavy atom. The molecule has 1 aromatic heterocycles.